The highest BCUT2D eigenvalue weighted by molar-refractivity contribution is 5.22. The number of nitrogens with two attached hydrogens (primary N) is 1. The molecule has 0 aromatic heterocycles. The molecule has 1 rings (SSSR count). The highest BCUT2D eigenvalue weighted by Gasteiger charge is 2.24. The molecule has 0 fully saturated rings. The quantitative estimate of drug-likeness (QED) is 0.849. The SMILES string of the molecule is Cc1cccc(CN(C)CC(C)(C)C(C)N)c1. The minimum Gasteiger partial charge on any atom is -0.327 e. The van der Waals surface area contributed by atoms with Crippen molar-refractivity contribution in [1.82, 2.24) is 4.90 Å². The smallest absolute Gasteiger partial charge is 0.0231 e. The number of benzene rings is 1. The summed E-state index contributed by atoms with van der Waals surface area (Å²) in [6.45, 7) is 10.7. The molecule has 0 aliphatic carbocycles. The van der Waals surface area contributed by atoms with Gasteiger partial charge in [0.05, 0.1) is 0 Å². The molecule has 0 bridgehead atoms. The maximum atomic E-state index is 6.01. The van der Waals surface area contributed by atoms with E-state index in [2.05, 4.69) is 63.9 Å². The first-order valence-corrected chi connectivity index (χ1v) is 6.31. The van der Waals surface area contributed by atoms with Crippen molar-refractivity contribution in [2.75, 3.05) is 13.6 Å². The third-order valence-corrected chi connectivity index (χ3v) is 3.45. The van der Waals surface area contributed by atoms with Gasteiger partial charge in [-0.15, -0.1) is 0 Å². The van der Waals surface area contributed by atoms with Crippen molar-refractivity contribution in [3.63, 3.8) is 0 Å². The Balaban J connectivity index is 2.58. The van der Waals surface area contributed by atoms with Crippen LogP contribution in [0.15, 0.2) is 24.3 Å². The summed E-state index contributed by atoms with van der Waals surface area (Å²) >= 11 is 0. The van der Waals surface area contributed by atoms with Crippen LogP contribution in [-0.2, 0) is 6.54 Å². The highest BCUT2D eigenvalue weighted by atomic mass is 15.1. The average molecular weight is 234 g/mol. The van der Waals surface area contributed by atoms with E-state index in [9.17, 15) is 0 Å². The Hall–Kier alpha value is -0.860. The van der Waals surface area contributed by atoms with Gasteiger partial charge >= 0.3 is 0 Å². The summed E-state index contributed by atoms with van der Waals surface area (Å²) in [5, 5.41) is 0. The molecule has 0 saturated heterocycles. The predicted molar refractivity (Wildman–Crippen MR) is 74.9 cm³/mol. The molecule has 1 aromatic rings. The first-order valence-electron chi connectivity index (χ1n) is 6.31. The number of hydrogen-bond acceptors (Lipinski definition) is 2. The third kappa shape index (κ3) is 4.49. The molecule has 0 aliphatic heterocycles. The standard InChI is InChI=1S/C15H26N2/c1-12-7-6-8-14(9-12)10-17(5)11-15(3,4)13(2)16/h6-9,13H,10-11,16H2,1-5H3. The fraction of sp³-hybridized carbons (Fsp3) is 0.600. The van der Waals surface area contributed by atoms with Crippen LogP contribution in [0.3, 0.4) is 0 Å². The summed E-state index contributed by atoms with van der Waals surface area (Å²) in [6.07, 6.45) is 0. The summed E-state index contributed by atoms with van der Waals surface area (Å²) in [4.78, 5) is 2.35. The van der Waals surface area contributed by atoms with Gasteiger partial charge in [-0.1, -0.05) is 43.7 Å². The molecule has 0 spiro atoms. The molecule has 17 heavy (non-hydrogen) atoms. The van der Waals surface area contributed by atoms with E-state index in [0.29, 0.717) is 0 Å². The lowest BCUT2D eigenvalue weighted by Crippen LogP contribution is -2.42. The Morgan fingerprint density at radius 2 is 2.00 bits per heavy atom. The zero-order valence-electron chi connectivity index (χ0n) is 11.8. The fourth-order valence-electron chi connectivity index (χ4n) is 2.02. The summed E-state index contributed by atoms with van der Waals surface area (Å²) in [5.41, 5.74) is 8.85. The molecule has 1 unspecified atom stereocenters. The Bertz CT molecular complexity index is 356. The maximum Gasteiger partial charge on any atom is 0.0231 e. The first kappa shape index (κ1) is 14.2. The number of rotatable bonds is 5. The second kappa shape index (κ2) is 5.65. The molecule has 0 saturated carbocycles. The lowest BCUT2D eigenvalue weighted by atomic mass is 9.85. The highest BCUT2D eigenvalue weighted by Crippen LogP contribution is 2.20. The van der Waals surface area contributed by atoms with Gasteiger partial charge < -0.3 is 10.6 Å². The maximum absolute atomic E-state index is 6.01. The molecular formula is C15H26N2. The number of hydrogen-bond donors (Lipinski definition) is 1. The molecule has 0 aliphatic rings. The predicted octanol–water partition coefficient (Wildman–Crippen LogP) is 2.80. The van der Waals surface area contributed by atoms with Gasteiger partial charge in [-0.3, -0.25) is 0 Å². The largest absolute Gasteiger partial charge is 0.327 e. The van der Waals surface area contributed by atoms with Crippen molar-refractivity contribution in [2.24, 2.45) is 11.1 Å². The van der Waals surface area contributed by atoms with Gasteiger partial charge in [-0.05, 0) is 31.9 Å². The van der Waals surface area contributed by atoms with Crippen molar-refractivity contribution in [1.29, 1.82) is 0 Å². The van der Waals surface area contributed by atoms with E-state index >= 15 is 0 Å². The summed E-state index contributed by atoms with van der Waals surface area (Å²) in [6, 6.07) is 8.89. The van der Waals surface area contributed by atoms with E-state index in [4.69, 9.17) is 5.73 Å². The molecule has 0 heterocycles. The Labute approximate surface area is 106 Å². The molecule has 2 N–H and O–H groups in total. The van der Waals surface area contributed by atoms with Crippen LogP contribution in [0.4, 0.5) is 0 Å². The zero-order valence-corrected chi connectivity index (χ0v) is 11.8. The third-order valence-electron chi connectivity index (χ3n) is 3.45. The van der Waals surface area contributed by atoms with E-state index in [1.807, 2.05) is 0 Å². The van der Waals surface area contributed by atoms with Crippen LogP contribution in [0.5, 0.6) is 0 Å². The Morgan fingerprint density at radius 1 is 1.35 bits per heavy atom. The van der Waals surface area contributed by atoms with Crippen LogP contribution in [0.25, 0.3) is 0 Å². The summed E-state index contributed by atoms with van der Waals surface area (Å²) < 4.78 is 0. The zero-order chi connectivity index (χ0) is 13.1. The van der Waals surface area contributed by atoms with Crippen molar-refractivity contribution >= 4 is 0 Å². The van der Waals surface area contributed by atoms with E-state index in [1.54, 1.807) is 0 Å². The van der Waals surface area contributed by atoms with E-state index in [-0.39, 0.29) is 11.5 Å². The van der Waals surface area contributed by atoms with Crippen LogP contribution >= 0.6 is 0 Å². The topological polar surface area (TPSA) is 29.3 Å². The fourth-order valence-corrected chi connectivity index (χ4v) is 2.02. The van der Waals surface area contributed by atoms with Gasteiger partial charge in [-0.25, -0.2) is 0 Å². The van der Waals surface area contributed by atoms with Crippen LogP contribution < -0.4 is 5.73 Å². The van der Waals surface area contributed by atoms with E-state index in [0.717, 1.165) is 13.1 Å². The normalized spacial score (nSPS) is 14.1. The number of nitrogens with zero attached hydrogens (tertiary/aromatic N) is 1. The molecule has 1 atom stereocenters. The van der Waals surface area contributed by atoms with Crippen LogP contribution in [0.2, 0.25) is 0 Å². The molecule has 0 radical (unpaired) electrons. The molecular weight excluding hydrogens is 208 g/mol. The monoisotopic (exact) mass is 234 g/mol. The van der Waals surface area contributed by atoms with Gasteiger partial charge in [-0.2, -0.15) is 0 Å². The second-order valence-electron chi connectivity index (χ2n) is 5.94. The van der Waals surface area contributed by atoms with Crippen LogP contribution in [-0.4, -0.2) is 24.5 Å². The van der Waals surface area contributed by atoms with E-state index < -0.39 is 0 Å². The minimum atomic E-state index is 0.151. The lowest BCUT2D eigenvalue weighted by Gasteiger charge is -2.33. The summed E-state index contributed by atoms with van der Waals surface area (Å²) in [7, 11) is 2.16. The molecule has 96 valence electrons. The molecule has 1 aromatic carbocycles. The average Bonchev–Trinajstić information content (AvgIpc) is 2.15. The van der Waals surface area contributed by atoms with Gasteiger partial charge in [0.15, 0.2) is 0 Å². The van der Waals surface area contributed by atoms with Crippen LogP contribution in [0, 0.1) is 12.3 Å². The first-order chi connectivity index (χ1) is 7.81. The lowest BCUT2D eigenvalue weighted by molar-refractivity contribution is 0.178. The van der Waals surface area contributed by atoms with Gasteiger partial charge in [0.1, 0.15) is 0 Å². The molecule has 2 nitrogen and oxygen atoms in total. The van der Waals surface area contributed by atoms with Crippen molar-refractivity contribution in [3.05, 3.63) is 35.4 Å². The number of aryl methyl sites for hydroxylation is 1. The minimum absolute atomic E-state index is 0.151. The Morgan fingerprint density at radius 3 is 2.53 bits per heavy atom. The summed E-state index contributed by atoms with van der Waals surface area (Å²) in [5.74, 6) is 0. The van der Waals surface area contributed by atoms with Crippen molar-refractivity contribution in [3.8, 4) is 0 Å². The van der Waals surface area contributed by atoms with Gasteiger partial charge in [0, 0.05) is 19.1 Å². The van der Waals surface area contributed by atoms with Crippen molar-refractivity contribution in [2.45, 2.75) is 40.3 Å². The van der Waals surface area contributed by atoms with Gasteiger partial charge in [0.2, 0.25) is 0 Å². The Kier molecular flexibility index (Phi) is 4.72. The van der Waals surface area contributed by atoms with Crippen LogP contribution in [0.1, 0.15) is 31.9 Å². The molecule has 2 heteroatoms. The van der Waals surface area contributed by atoms with E-state index in [1.165, 1.54) is 11.1 Å². The van der Waals surface area contributed by atoms with Crippen molar-refractivity contribution < 1.29 is 0 Å². The molecule has 0 amide bonds. The van der Waals surface area contributed by atoms with Gasteiger partial charge in [0.25, 0.3) is 0 Å². The second-order valence-corrected chi connectivity index (χ2v) is 5.94.